The molecule has 1 atom stereocenters. The van der Waals surface area contributed by atoms with Crippen LogP contribution >= 0.6 is 0 Å². The molecular weight excluding hydrogens is 214 g/mol. The largest absolute Gasteiger partial charge is 0.465 e. The molecule has 3 heteroatoms. The molecule has 3 nitrogen and oxygen atoms in total. The van der Waals surface area contributed by atoms with Gasteiger partial charge in [-0.3, -0.25) is 5.32 Å². The maximum Gasteiger partial charge on any atom is 0.327 e. The van der Waals surface area contributed by atoms with E-state index in [4.69, 9.17) is 4.74 Å². The summed E-state index contributed by atoms with van der Waals surface area (Å²) in [5.41, 5.74) is 2.13. The van der Waals surface area contributed by atoms with Crippen LogP contribution in [-0.2, 0) is 9.53 Å². The van der Waals surface area contributed by atoms with Gasteiger partial charge >= 0.3 is 5.97 Å². The second-order valence-electron chi connectivity index (χ2n) is 4.42. The normalized spacial score (nSPS) is 12.5. The molecular formula is C14H21NO2. The van der Waals surface area contributed by atoms with E-state index < -0.39 is 0 Å². The standard InChI is InChI=1S/C14H21NO2/c1-5-17-14(16)13(15-10(2)3)12-8-6-11(4)7-9-12/h6-10,13,15H,5H2,1-4H3. The van der Waals surface area contributed by atoms with Gasteiger partial charge in [0.05, 0.1) is 6.61 Å². The van der Waals surface area contributed by atoms with Gasteiger partial charge in [0.2, 0.25) is 0 Å². The van der Waals surface area contributed by atoms with Crippen LogP contribution in [0.1, 0.15) is 37.9 Å². The van der Waals surface area contributed by atoms with Crippen molar-refractivity contribution in [2.45, 2.75) is 39.8 Å². The highest BCUT2D eigenvalue weighted by atomic mass is 16.5. The molecule has 0 amide bonds. The lowest BCUT2D eigenvalue weighted by atomic mass is 10.0. The fourth-order valence-electron chi connectivity index (χ4n) is 1.62. The third-order valence-corrected chi connectivity index (χ3v) is 2.43. The van der Waals surface area contributed by atoms with Crippen molar-refractivity contribution in [2.24, 2.45) is 0 Å². The summed E-state index contributed by atoms with van der Waals surface area (Å²) >= 11 is 0. The van der Waals surface area contributed by atoms with Crippen molar-refractivity contribution in [2.75, 3.05) is 6.61 Å². The Morgan fingerprint density at radius 2 is 1.88 bits per heavy atom. The van der Waals surface area contributed by atoms with Crippen LogP contribution in [0.4, 0.5) is 0 Å². The topological polar surface area (TPSA) is 38.3 Å². The number of benzene rings is 1. The van der Waals surface area contributed by atoms with Crippen LogP contribution in [0.2, 0.25) is 0 Å². The number of aryl methyl sites for hydroxylation is 1. The Labute approximate surface area is 103 Å². The Bertz CT molecular complexity index is 357. The monoisotopic (exact) mass is 235 g/mol. The van der Waals surface area contributed by atoms with Crippen molar-refractivity contribution in [1.29, 1.82) is 0 Å². The average Bonchev–Trinajstić information content (AvgIpc) is 2.27. The van der Waals surface area contributed by atoms with E-state index in [-0.39, 0.29) is 18.1 Å². The van der Waals surface area contributed by atoms with Crippen LogP contribution in [0.15, 0.2) is 24.3 Å². The van der Waals surface area contributed by atoms with E-state index >= 15 is 0 Å². The van der Waals surface area contributed by atoms with Gasteiger partial charge < -0.3 is 4.74 Å². The molecule has 0 aromatic heterocycles. The molecule has 0 saturated heterocycles. The second kappa shape index (κ2) is 6.40. The molecule has 1 rings (SSSR count). The summed E-state index contributed by atoms with van der Waals surface area (Å²) in [5, 5.41) is 3.23. The molecule has 0 saturated carbocycles. The highest BCUT2D eigenvalue weighted by molar-refractivity contribution is 5.77. The number of carbonyl (C=O) groups excluding carboxylic acids is 1. The maximum absolute atomic E-state index is 11.9. The van der Waals surface area contributed by atoms with E-state index in [1.807, 2.05) is 52.0 Å². The van der Waals surface area contributed by atoms with E-state index in [0.717, 1.165) is 5.56 Å². The highest BCUT2D eigenvalue weighted by Crippen LogP contribution is 2.16. The van der Waals surface area contributed by atoms with Crippen molar-refractivity contribution in [3.8, 4) is 0 Å². The Balaban J connectivity index is 2.89. The summed E-state index contributed by atoms with van der Waals surface area (Å²) in [6.07, 6.45) is 0. The molecule has 0 spiro atoms. The van der Waals surface area contributed by atoms with Crippen LogP contribution in [-0.4, -0.2) is 18.6 Å². The molecule has 1 aromatic rings. The van der Waals surface area contributed by atoms with E-state index in [9.17, 15) is 4.79 Å². The zero-order valence-electron chi connectivity index (χ0n) is 11.0. The molecule has 1 N–H and O–H groups in total. The zero-order chi connectivity index (χ0) is 12.8. The van der Waals surface area contributed by atoms with Crippen molar-refractivity contribution in [1.82, 2.24) is 5.32 Å². The van der Waals surface area contributed by atoms with Crippen LogP contribution in [0.25, 0.3) is 0 Å². The van der Waals surface area contributed by atoms with Crippen molar-refractivity contribution in [3.05, 3.63) is 35.4 Å². The number of ether oxygens (including phenoxy) is 1. The summed E-state index contributed by atoms with van der Waals surface area (Å²) in [6, 6.07) is 7.78. The average molecular weight is 235 g/mol. The fourth-order valence-corrected chi connectivity index (χ4v) is 1.62. The third kappa shape index (κ3) is 4.19. The lowest BCUT2D eigenvalue weighted by Crippen LogP contribution is -2.34. The summed E-state index contributed by atoms with van der Waals surface area (Å²) < 4.78 is 5.09. The van der Waals surface area contributed by atoms with E-state index in [2.05, 4.69) is 5.32 Å². The van der Waals surface area contributed by atoms with E-state index in [1.54, 1.807) is 0 Å². The minimum Gasteiger partial charge on any atom is -0.465 e. The summed E-state index contributed by atoms with van der Waals surface area (Å²) in [4.78, 5) is 11.9. The molecule has 0 radical (unpaired) electrons. The van der Waals surface area contributed by atoms with Gasteiger partial charge in [-0.05, 0) is 33.3 Å². The van der Waals surface area contributed by atoms with Gasteiger partial charge in [-0.25, -0.2) is 4.79 Å². The Morgan fingerprint density at radius 1 is 1.29 bits per heavy atom. The van der Waals surface area contributed by atoms with Gasteiger partial charge in [0, 0.05) is 6.04 Å². The molecule has 1 aromatic carbocycles. The SMILES string of the molecule is CCOC(=O)C(NC(C)C)c1ccc(C)cc1. The summed E-state index contributed by atoms with van der Waals surface area (Å²) in [5.74, 6) is -0.218. The lowest BCUT2D eigenvalue weighted by molar-refractivity contribution is -0.146. The van der Waals surface area contributed by atoms with E-state index in [0.29, 0.717) is 6.61 Å². The lowest BCUT2D eigenvalue weighted by Gasteiger charge is -2.20. The fraction of sp³-hybridized carbons (Fsp3) is 0.500. The first kappa shape index (κ1) is 13.7. The Kier molecular flexibility index (Phi) is 5.16. The number of nitrogens with one attached hydrogen (secondary N) is 1. The van der Waals surface area contributed by atoms with Crippen molar-refractivity contribution < 1.29 is 9.53 Å². The highest BCUT2D eigenvalue weighted by Gasteiger charge is 2.22. The summed E-state index contributed by atoms with van der Waals surface area (Å²) in [7, 11) is 0. The maximum atomic E-state index is 11.9. The van der Waals surface area contributed by atoms with Gasteiger partial charge in [0.1, 0.15) is 6.04 Å². The smallest absolute Gasteiger partial charge is 0.327 e. The van der Waals surface area contributed by atoms with E-state index in [1.165, 1.54) is 5.56 Å². The molecule has 0 bridgehead atoms. The number of hydrogen-bond donors (Lipinski definition) is 1. The predicted molar refractivity (Wildman–Crippen MR) is 68.8 cm³/mol. The molecule has 1 unspecified atom stereocenters. The van der Waals surface area contributed by atoms with Crippen LogP contribution in [0.3, 0.4) is 0 Å². The van der Waals surface area contributed by atoms with Gasteiger partial charge in [-0.1, -0.05) is 29.8 Å². The number of carbonyl (C=O) groups is 1. The van der Waals surface area contributed by atoms with Crippen molar-refractivity contribution in [3.63, 3.8) is 0 Å². The minimum absolute atomic E-state index is 0.218. The molecule has 0 fully saturated rings. The molecule has 0 aliphatic carbocycles. The molecule has 17 heavy (non-hydrogen) atoms. The van der Waals surface area contributed by atoms with Gasteiger partial charge in [-0.15, -0.1) is 0 Å². The first-order chi connectivity index (χ1) is 8.04. The van der Waals surface area contributed by atoms with Crippen LogP contribution < -0.4 is 5.32 Å². The number of rotatable bonds is 5. The third-order valence-electron chi connectivity index (χ3n) is 2.43. The predicted octanol–water partition coefficient (Wildman–Crippen LogP) is 2.60. The Morgan fingerprint density at radius 3 is 2.35 bits per heavy atom. The van der Waals surface area contributed by atoms with Gasteiger partial charge in [-0.2, -0.15) is 0 Å². The van der Waals surface area contributed by atoms with Gasteiger partial charge in [0.25, 0.3) is 0 Å². The molecule has 0 aliphatic rings. The van der Waals surface area contributed by atoms with Crippen LogP contribution in [0, 0.1) is 6.92 Å². The zero-order valence-corrected chi connectivity index (χ0v) is 11.0. The Hall–Kier alpha value is -1.35. The van der Waals surface area contributed by atoms with Crippen LogP contribution in [0.5, 0.6) is 0 Å². The second-order valence-corrected chi connectivity index (χ2v) is 4.42. The minimum atomic E-state index is -0.379. The first-order valence-electron chi connectivity index (χ1n) is 6.03. The molecule has 94 valence electrons. The van der Waals surface area contributed by atoms with Crippen molar-refractivity contribution >= 4 is 5.97 Å². The van der Waals surface area contributed by atoms with Gasteiger partial charge in [0.15, 0.2) is 0 Å². The quantitative estimate of drug-likeness (QED) is 0.797. The number of hydrogen-bond acceptors (Lipinski definition) is 3. The first-order valence-corrected chi connectivity index (χ1v) is 6.03. The molecule has 0 heterocycles. The molecule has 0 aliphatic heterocycles. The number of esters is 1. The summed E-state index contributed by atoms with van der Waals surface area (Å²) in [6.45, 7) is 8.28.